The summed E-state index contributed by atoms with van der Waals surface area (Å²) in [6.45, 7) is 2.38. The molecule has 2 aliphatic rings. The summed E-state index contributed by atoms with van der Waals surface area (Å²) < 4.78 is 0. The van der Waals surface area contributed by atoms with Crippen LogP contribution in [0.3, 0.4) is 0 Å². The molecule has 98 valence electrons. The van der Waals surface area contributed by atoms with Gasteiger partial charge in [-0.1, -0.05) is 37.6 Å². The Hall–Kier alpha value is -0.820. The van der Waals surface area contributed by atoms with Crippen molar-refractivity contribution in [1.29, 1.82) is 0 Å². The van der Waals surface area contributed by atoms with E-state index in [-0.39, 0.29) is 0 Å². The smallest absolute Gasteiger partial charge is 0.0108 e. The highest BCUT2D eigenvalue weighted by atomic mass is 14.7. The minimum Gasteiger partial charge on any atom is -0.327 e. The number of hydrogen-bond acceptors (Lipinski definition) is 1. The number of nitrogens with two attached hydrogens (primary N) is 1. The second kappa shape index (κ2) is 5.05. The first-order valence-electron chi connectivity index (χ1n) is 7.60. The van der Waals surface area contributed by atoms with Crippen LogP contribution in [0, 0.1) is 5.92 Å². The molecule has 1 nitrogen and oxygen atoms in total. The van der Waals surface area contributed by atoms with Crippen molar-refractivity contribution >= 4 is 0 Å². The summed E-state index contributed by atoms with van der Waals surface area (Å²) in [6, 6.07) is 9.47. The quantitative estimate of drug-likeness (QED) is 0.828. The summed E-state index contributed by atoms with van der Waals surface area (Å²) in [6.07, 6.45) is 7.97. The fourth-order valence-corrected chi connectivity index (χ4v) is 3.70. The average molecular weight is 243 g/mol. The van der Waals surface area contributed by atoms with Crippen LogP contribution in [-0.4, -0.2) is 6.04 Å². The monoisotopic (exact) mass is 243 g/mol. The van der Waals surface area contributed by atoms with Crippen molar-refractivity contribution in [2.24, 2.45) is 11.7 Å². The molecule has 2 saturated carbocycles. The van der Waals surface area contributed by atoms with E-state index in [9.17, 15) is 0 Å². The first-order valence-corrected chi connectivity index (χ1v) is 7.60. The zero-order valence-corrected chi connectivity index (χ0v) is 11.4. The molecule has 0 heterocycles. The van der Waals surface area contributed by atoms with Crippen molar-refractivity contribution in [2.45, 2.75) is 63.3 Å². The van der Waals surface area contributed by atoms with Crippen molar-refractivity contribution in [3.8, 4) is 0 Å². The highest BCUT2D eigenvalue weighted by molar-refractivity contribution is 5.35. The van der Waals surface area contributed by atoms with E-state index in [0.29, 0.717) is 12.0 Å². The van der Waals surface area contributed by atoms with Crippen LogP contribution in [0.2, 0.25) is 0 Å². The van der Waals surface area contributed by atoms with Gasteiger partial charge in [0.1, 0.15) is 0 Å². The van der Waals surface area contributed by atoms with E-state index in [0.717, 1.165) is 11.8 Å². The molecule has 3 rings (SSSR count). The first-order chi connectivity index (χ1) is 8.75. The van der Waals surface area contributed by atoms with E-state index < -0.39 is 0 Å². The van der Waals surface area contributed by atoms with Crippen molar-refractivity contribution in [3.63, 3.8) is 0 Å². The molecule has 2 fully saturated rings. The maximum Gasteiger partial charge on any atom is 0.0108 e. The van der Waals surface area contributed by atoms with Gasteiger partial charge in [0.25, 0.3) is 0 Å². The predicted molar refractivity (Wildman–Crippen MR) is 76.8 cm³/mol. The fourth-order valence-electron chi connectivity index (χ4n) is 3.70. The Labute approximate surface area is 111 Å². The van der Waals surface area contributed by atoms with Gasteiger partial charge in [-0.05, 0) is 61.0 Å². The lowest BCUT2D eigenvalue weighted by Gasteiger charge is -2.36. The molecule has 0 spiro atoms. The Morgan fingerprint density at radius 1 is 1.00 bits per heavy atom. The maximum atomic E-state index is 6.40. The summed E-state index contributed by atoms with van der Waals surface area (Å²) in [5, 5.41) is 0. The van der Waals surface area contributed by atoms with E-state index in [1.54, 1.807) is 11.1 Å². The zero-order valence-electron chi connectivity index (χ0n) is 11.4. The molecule has 0 radical (unpaired) electrons. The third kappa shape index (κ3) is 2.21. The molecule has 0 bridgehead atoms. The molecule has 2 aliphatic carbocycles. The summed E-state index contributed by atoms with van der Waals surface area (Å²) in [7, 11) is 0. The van der Waals surface area contributed by atoms with Crippen molar-refractivity contribution in [3.05, 3.63) is 35.4 Å². The lowest BCUT2D eigenvalue weighted by Crippen LogP contribution is -2.34. The van der Waals surface area contributed by atoms with Crippen LogP contribution >= 0.6 is 0 Å². The molecule has 18 heavy (non-hydrogen) atoms. The number of rotatable bonds is 2. The molecule has 2 N–H and O–H groups in total. The van der Waals surface area contributed by atoms with Gasteiger partial charge in [0.15, 0.2) is 0 Å². The molecule has 0 amide bonds. The van der Waals surface area contributed by atoms with Gasteiger partial charge in [-0.3, -0.25) is 0 Å². The van der Waals surface area contributed by atoms with E-state index >= 15 is 0 Å². The van der Waals surface area contributed by atoms with Gasteiger partial charge in [0, 0.05) is 6.04 Å². The first kappa shape index (κ1) is 12.2. The lowest BCUT2D eigenvalue weighted by atomic mass is 9.70. The average Bonchev–Trinajstić information content (AvgIpc) is 2.31. The van der Waals surface area contributed by atoms with Crippen LogP contribution in [-0.2, 0) is 0 Å². The van der Waals surface area contributed by atoms with Gasteiger partial charge >= 0.3 is 0 Å². The van der Waals surface area contributed by atoms with Gasteiger partial charge in [-0.2, -0.15) is 0 Å². The fraction of sp³-hybridized carbons (Fsp3) is 0.647. The lowest BCUT2D eigenvalue weighted by molar-refractivity contribution is 0.302. The van der Waals surface area contributed by atoms with Crippen LogP contribution in [0.5, 0.6) is 0 Å². The SMILES string of the molecule is CC1CCC(N)C(c2ccccc2C2CCC2)C1. The second-order valence-corrected chi connectivity index (χ2v) is 6.45. The molecule has 1 aromatic carbocycles. The predicted octanol–water partition coefficient (Wildman–Crippen LogP) is 4.19. The Morgan fingerprint density at radius 2 is 1.72 bits per heavy atom. The molecule has 3 atom stereocenters. The van der Waals surface area contributed by atoms with Gasteiger partial charge in [-0.25, -0.2) is 0 Å². The molecule has 0 aliphatic heterocycles. The molecule has 0 saturated heterocycles. The van der Waals surface area contributed by atoms with Crippen LogP contribution < -0.4 is 5.73 Å². The van der Waals surface area contributed by atoms with Crippen LogP contribution in [0.15, 0.2) is 24.3 Å². The minimum atomic E-state index is 0.377. The molecule has 3 unspecified atom stereocenters. The van der Waals surface area contributed by atoms with Crippen molar-refractivity contribution in [2.75, 3.05) is 0 Å². The Balaban J connectivity index is 1.89. The summed E-state index contributed by atoms with van der Waals surface area (Å²) in [5.41, 5.74) is 9.58. The van der Waals surface area contributed by atoms with Gasteiger partial charge in [-0.15, -0.1) is 0 Å². The number of benzene rings is 1. The topological polar surface area (TPSA) is 26.0 Å². The third-order valence-corrected chi connectivity index (χ3v) is 5.11. The highest BCUT2D eigenvalue weighted by Crippen LogP contribution is 2.43. The Morgan fingerprint density at radius 3 is 2.39 bits per heavy atom. The number of hydrogen-bond donors (Lipinski definition) is 1. The van der Waals surface area contributed by atoms with Crippen LogP contribution in [0.4, 0.5) is 0 Å². The van der Waals surface area contributed by atoms with Crippen LogP contribution in [0.25, 0.3) is 0 Å². The summed E-state index contributed by atoms with van der Waals surface area (Å²) in [4.78, 5) is 0. The molecule has 1 aromatic rings. The summed E-state index contributed by atoms with van der Waals surface area (Å²) >= 11 is 0. The maximum absolute atomic E-state index is 6.40. The second-order valence-electron chi connectivity index (χ2n) is 6.45. The van der Waals surface area contributed by atoms with E-state index in [2.05, 4.69) is 31.2 Å². The largest absolute Gasteiger partial charge is 0.327 e. The van der Waals surface area contributed by atoms with Crippen LogP contribution in [0.1, 0.15) is 68.4 Å². The standard InChI is InChI=1S/C17H25N/c1-12-9-10-17(18)16(11-12)15-8-3-2-7-14(15)13-5-4-6-13/h2-3,7-8,12-13,16-17H,4-6,9-11,18H2,1H3. The minimum absolute atomic E-state index is 0.377. The van der Waals surface area contributed by atoms with Gasteiger partial charge in [0.2, 0.25) is 0 Å². The Bertz CT molecular complexity index is 408. The van der Waals surface area contributed by atoms with Crippen molar-refractivity contribution in [1.82, 2.24) is 0 Å². The highest BCUT2D eigenvalue weighted by Gasteiger charge is 2.31. The molecule has 0 aromatic heterocycles. The van der Waals surface area contributed by atoms with E-state index in [1.165, 1.54) is 38.5 Å². The van der Waals surface area contributed by atoms with E-state index in [4.69, 9.17) is 5.73 Å². The summed E-state index contributed by atoms with van der Waals surface area (Å²) in [5.74, 6) is 2.26. The van der Waals surface area contributed by atoms with Gasteiger partial charge < -0.3 is 5.73 Å². The molecular weight excluding hydrogens is 218 g/mol. The Kier molecular flexibility index (Phi) is 3.43. The van der Waals surface area contributed by atoms with Crippen molar-refractivity contribution < 1.29 is 0 Å². The normalized spacial score (nSPS) is 33.1. The van der Waals surface area contributed by atoms with E-state index in [1.807, 2.05) is 0 Å². The zero-order chi connectivity index (χ0) is 12.5. The third-order valence-electron chi connectivity index (χ3n) is 5.11. The molecule has 1 heteroatoms. The van der Waals surface area contributed by atoms with Gasteiger partial charge in [0.05, 0.1) is 0 Å². The molecular formula is C17H25N.